The molecule has 1 unspecified atom stereocenters. The van der Waals surface area contributed by atoms with Gasteiger partial charge in [-0.25, -0.2) is 4.79 Å². The lowest BCUT2D eigenvalue weighted by Crippen LogP contribution is -2.31. The Kier molecular flexibility index (Phi) is 3.52. The lowest BCUT2D eigenvalue weighted by Gasteiger charge is -2.40. The molecule has 19 heavy (non-hydrogen) atoms. The van der Waals surface area contributed by atoms with Crippen LogP contribution in [0.25, 0.3) is 0 Å². The number of aromatic nitrogens is 1. The molecule has 1 aliphatic rings. The minimum atomic E-state index is -0.964. The molecule has 1 aliphatic carbocycles. The Hall–Kier alpha value is -1.58. The van der Waals surface area contributed by atoms with E-state index in [-0.39, 0.29) is 22.9 Å². The van der Waals surface area contributed by atoms with Gasteiger partial charge in [-0.05, 0) is 31.2 Å². The first-order valence-corrected chi connectivity index (χ1v) is 6.79. The summed E-state index contributed by atoms with van der Waals surface area (Å²) in [5, 5.41) is 9.33. The number of Topliss-reactive ketones (excluding diaryl/α,β-unsaturated/α-hetero) is 1. The third-order valence-electron chi connectivity index (χ3n) is 4.26. The van der Waals surface area contributed by atoms with Crippen molar-refractivity contribution < 1.29 is 14.7 Å². The Labute approximate surface area is 113 Å². The maximum Gasteiger partial charge on any atom is 0.352 e. The van der Waals surface area contributed by atoms with Crippen LogP contribution in [0.5, 0.6) is 0 Å². The van der Waals surface area contributed by atoms with Crippen LogP contribution < -0.4 is 0 Å². The molecule has 1 N–H and O–H groups in total. The number of carbonyl (C=O) groups is 2. The molecule has 0 spiro atoms. The summed E-state index contributed by atoms with van der Waals surface area (Å²) in [5.41, 5.74) is 0.777. The number of aromatic carboxylic acids is 1. The minimum absolute atomic E-state index is 0.0650. The summed E-state index contributed by atoms with van der Waals surface area (Å²) in [6.07, 6.45) is 6.07. The molecule has 0 bridgehead atoms. The number of nitrogens with zero attached hydrogens (tertiary/aromatic N) is 1. The lowest BCUT2D eigenvalue weighted by atomic mass is 9.73. The molecule has 0 amide bonds. The van der Waals surface area contributed by atoms with E-state index in [1.807, 2.05) is 0 Å². The molecule has 0 saturated heterocycles. The van der Waals surface area contributed by atoms with E-state index >= 15 is 0 Å². The number of ketones is 1. The zero-order valence-corrected chi connectivity index (χ0v) is 11.8. The SMILES string of the molecule is CC(=O)c1cc(C(=O)O)n(C2CCCCC2(C)C)c1. The second-order valence-electron chi connectivity index (χ2n) is 6.13. The van der Waals surface area contributed by atoms with Crippen LogP contribution in [-0.4, -0.2) is 21.4 Å². The number of hydrogen-bond acceptors (Lipinski definition) is 2. The van der Waals surface area contributed by atoms with Crippen molar-refractivity contribution in [3.8, 4) is 0 Å². The van der Waals surface area contributed by atoms with Crippen molar-refractivity contribution in [2.24, 2.45) is 5.41 Å². The summed E-state index contributed by atoms with van der Waals surface area (Å²) >= 11 is 0. The van der Waals surface area contributed by atoms with Crippen LogP contribution in [0.2, 0.25) is 0 Å². The van der Waals surface area contributed by atoms with Crippen molar-refractivity contribution in [3.05, 3.63) is 23.5 Å². The molecule has 1 fully saturated rings. The maximum atomic E-state index is 11.5. The van der Waals surface area contributed by atoms with Gasteiger partial charge in [0.25, 0.3) is 0 Å². The molecule has 0 aliphatic heterocycles. The van der Waals surface area contributed by atoms with Crippen LogP contribution in [0.1, 0.15) is 73.3 Å². The van der Waals surface area contributed by atoms with Gasteiger partial charge in [0, 0.05) is 17.8 Å². The Morgan fingerprint density at radius 2 is 2.05 bits per heavy atom. The normalized spacial score (nSPS) is 22.2. The number of carboxylic acid groups (broad SMARTS) is 1. The fraction of sp³-hybridized carbons (Fsp3) is 0.600. The first kappa shape index (κ1) is 13.8. The predicted octanol–water partition coefficient (Wildman–Crippen LogP) is 3.53. The highest BCUT2D eigenvalue weighted by molar-refractivity contribution is 5.97. The highest BCUT2D eigenvalue weighted by atomic mass is 16.4. The first-order chi connectivity index (χ1) is 8.83. The average Bonchev–Trinajstić information content (AvgIpc) is 2.73. The Bertz CT molecular complexity index is 513. The van der Waals surface area contributed by atoms with Crippen molar-refractivity contribution in [1.29, 1.82) is 0 Å². The van der Waals surface area contributed by atoms with Gasteiger partial charge < -0.3 is 9.67 Å². The van der Waals surface area contributed by atoms with Crippen molar-refractivity contribution in [1.82, 2.24) is 4.57 Å². The largest absolute Gasteiger partial charge is 0.477 e. The molecule has 2 rings (SSSR count). The third kappa shape index (κ3) is 2.57. The van der Waals surface area contributed by atoms with E-state index in [1.165, 1.54) is 19.4 Å². The molecular weight excluding hydrogens is 242 g/mol. The molecule has 1 atom stereocenters. The lowest BCUT2D eigenvalue weighted by molar-refractivity contribution is 0.0666. The molecule has 1 aromatic rings. The highest BCUT2D eigenvalue weighted by Gasteiger charge is 2.35. The Morgan fingerprint density at radius 1 is 1.37 bits per heavy atom. The smallest absolute Gasteiger partial charge is 0.352 e. The van der Waals surface area contributed by atoms with E-state index < -0.39 is 5.97 Å². The van der Waals surface area contributed by atoms with Gasteiger partial charge in [-0.3, -0.25) is 4.79 Å². The molecule has 1 saturated carbocycles. The molecule has 1 heterocycles. The summed E-state index contributed by atoms with van der Waals surface area (Å²) in [7, 11) is 0. The number of rotatable bonds is 3. The fourth-order valence-corrected chi connectivity index (χ4v) is 3.09. The quantitative estimate of drug-likeness (QED) is 0.849. The zero-order valence-electron chi connectivity index (χ0n) is 11.8. The van der Waals surface area contributed by atoms with E-state index in [9.17, 15) is 14.7 Å². The van der Waals surface area contributed by atoms with E-state index in [0.29, 0.717) is 5.56 Å². The van der Waals surface area contributed by atoms with Gasteiger partial charge in [-0.1, -0.05) is 26.7 Å². The van der Waals surface area contributed by atoms with Gasteiger partial charge in [0.15, 0.2) is 5.78 Å². The molecule has 0 aromatic carbocycles. The number of carbonyl (C=O) groups excluding carboxylic acids is 1. The van der Waals surface area contributed by atoms with Crippen LogP contribution in [0.15, 0.2) is 12.3 Å². The molecule has 4 nitrogen and oxygen atoms in total. The minimum Gasteiger partial charge on any atom is -0.477 e. The van der Waals surface area contributed by atoms with Gasteiger partial charge in [-0.15, -0.1) is 0 Å². The molecule has 0 radical (unpaired) electrons. The summed E-state index contributed by atoms with van der Waals surface area (Å²) in [5.74, 6) is -1.05. The standard InChI is InChI=1S/C15H21NO3/c1-10(17)11-8-12(14(18)19)16(9-11)13-6-4-5-7-15(13,2)3/h8-9,13H,4-7H2,1-3H3,(H,18,19). The highest BCUT2D eigenvalue weighted by Crippen LogP contribution is 2.44. The van der Waals surface area contributed by atoms with Crippen molar-refractivity contribution in [2.45, 2.75) is 52.5 Å². The monoisotopic (exact) mass is 263 g/mol. The van der Waals surface area contributed by atoms with Crippen LogP contribution in [0.4, 0.5) is 0 Å². The number of carboxylic acids is 1. The molecule has 104 valence electrons. The Morgan fingerprint density at radius 3 is 2.58 bits per heavy atom. The van der Waals surface area contributed by atoms with Crippen molar-refractivity contribution >= 4 is 11.8 Å². The van der Waals surface area contributed by atoms with E-state index in [0.717, 1.165) is 19.3 Å². The zero-order chi connectivity index (χ0) is 14.2. The van der Waals surface area contributed by atoms with Crippen molar-refractivity contribution in [3.63, 3.8) is 0 Å². The molecule has 4 heteroatoms. The summed E-state index contributed by atoms with van der Waals surface area (Å²) in [6, 6.07) is 1.65. The maximum absolute atomic E-state index is 11.5. The third-order valence-corrected chi connectivity index (χ3v) is 4.26. The Balaban J connectivity index is 2.48. The van der Waals surface area contributed by atoms with Crippen molar-refractivity contribution in [2.75, 3.05) is 0 Å². The van der Waals surface area contributed by atoms with Crippen LogP contribution >= 0.6 is 0 Å². The van der Waals surface area contributed by atoms with Gasteiger partial charge in [0.05, 0.1) is 0 Å². The topological polar surface area (TPSA) is 59.3 Å². The van der Waals surface area contributed by atoms with Crippen LogP contribution in [0, 0.1) is 5.41 Å². The van der Waals surface area contributed by atoms with E-state index in [2.05, 4.69) is 13.8 Å². The van der Waals surface area contributed by atoms with E-state index in [4.69, 9.17) is 0 Å². The molecular formula is C15H21NO3. The van der Waals surface area contributed by atoms with Gasteiger partial charge in [-0.2, -0.15) is 0 Å². The van der Waals surface area contributed by atoms with E-state index in [1.54, 1.807) is 10.8 Å². The second kappa shape index (κ2) is 4.83. The fourth-order valence-electron chi connectivity index (χ4n) is 3.09. The average molecular weight is 263 g/mol. The summed E-state index contributed by atoms with van der Waals surface area (Å²) in [4.78, 5) is 22.9. The summed E-state index contributed by atoms with van der Waals surface area (Å²) < 4.78 is 1.80. The summed E-state index contributed by atoms with van der Waals surface area (Å²) in [6.45, 7) is 5.82. The molecule has 1 aromatic heterocycles. The predicted molar refractivity (Wildman–Crippen MR) is 72.7 cm³/mol. The van der Waals surface area contributed by atoms with Gasteiger partial charge in [0.1, 0.15) is 5.69 Å². The van der Waals surface area contributed by atoms with Crippen LogP contribution in [-0.2, 0) is 0 Å². The number of hydrogen-bond donors (Lipinski definition) is 1. The first-order valence-electron chi connectivity index (χ1n) is 6.79. The van der Waals surface area contributed by atoms with Gasteiger partial charge in [0.2, 0.25) is 0 Å². The van der Waals surface area contributed by atoms with Gasteiger partial charge >= 0.3 is 5.97 Å². The second-order valence-corrected chi connectivity index (χ2v) is 6.13. The van der Waals surface area contributed by atoms with Crippen LogP contribution in [0.3, 0.4) is 0 Å².